The number of hydrogen-bond donors (Lipinski definition) is 15. The maximum atomic E-state index is 5.95. The second kappa shape index (κ2) is 55.5. The van der Waals surface area contributed by atoms with Gasteiger partial charge in [0.25, 0.3) is 0 Å². The van der Waals surface area contributed by atoms with Gasteiger partial charge in [-0.25, -0.2) is 0 Å². The van der Waals surface area contributed by atoms with Gasteiger partial charge in [-0.05, 0) is 52.5 Å². The molecule has 20 N–H and O–H groups in total. The molecule has 0 bridgehead atoms. The van der Waals surface area contributed by atoms with E-state index >= 15 is 0 Å². The minimum Gasteiger partial charge on any atom is -0.329 e. The molecule has 1 fully saturated rings. The van der Waals surface area contributed by atoms with Crippen LogP contribution in [-0.2, 0) is 0 Å². The first kappa shape index (κ1) is 67.2. The molecule has 0 radical (unpaired) electrons. The fraction of sp³-hybridized carbons (Fsp3) is 1.00. The molecule has 0 aromatic rings. The number of nitrogens with zero attached hydrogens (tertiary/aromatic N) is 6. The van der Waals surface area contributed by atoms with Gasteiger partial charge in [0.2, 0.25) is 0 Å². The monoisotopic (exact) mass is 976 g/mol. The molecule has 0 saturated carbocycles. The third-order valence-corrected chi connectivity index (χ3v) is 11.7. The molecular weight excluding hydrogens is 859 g/mol. The van der Waals surface area contributed by atoms with Crippen LogP contribution in [0.25, 0.3) is 0 Å². The van der Waals surface area contributed by atoms with Crippen LogP contribution < -0.4 is 81.8 Å². The first-order valence-corrected chi connectivity index (χ1v) is 27.4. The molecule has 1 heterocycles. The molecule has 0 amide bonds. The molecule has 410 valence electrons. The van der Waals surface area contributed by atoms with E-state index in [-0.39, 0.29) is 0 Å². The van der Waals surface area contributed by atoms with Gasteiger partial charge in [-0.1, -0.05) is 13.8 Å². The summed E-state index contributed by atoms with van der Waals surface area (Å²) in [6, 6.07) is 0. The summed E-state index contributed by atoms with van der Waals surface area (Å²) in [5, 5.41) is 35.4. The molecule has 21 heteroatoms. The van der Waals surface area contributed by atoms with Crippen molar-refractivity contribution in [1.29, 1.82) is 0 Å². The highest BCUT2D eigenvalue weighted by molar-refractivity contribution is 4.71. The zero-order valence-electron chi connectivity index (χ0n) is 44.7. The fourth-order valence-corrected chi connectivity index (χ4v) is 7.63. The molecule has 0 spiro atoms. The Kier molecular flexibility index (Phi) is 54.8. The average Bonchev–Trinajstić information content (AvgIpc) is 4.23. The Morgan fingerprint density at radius 3 is 0.971 bits per heavy atom. The molecule has 1 saturated heterocycles. The van der Waals surface area contributed by atoms with Gasteiger partial charge in [-0.2, -0.15) is 0 Å². The third kappa shape index (κ3) is 48.8. The minimum absolute atomic E-state index is 0.663. The van der Waals surface area contributed by atoms with Crippen molar-refractivity contribution in [3.63, 3.8) is 0 Å². The minimum atomic E-state index is 0.663. The fourth-order valence-electron chi connectivity index (χ4n) is 7.63. The first-order valence-electron chi connectivity index (χ1n) is 27.4. The van der Waals surface area contributed by atoms with Crippen molar-refractivity contribution < 1.29 is 0 Å². The van der Waals surface area contributed by atoms with E-state index in [4.69, 9.17) is 28.7 Å². The van der Waals surface area contributed by atoms with E-state index in [0.717, 1.165) is 242 Å². The van der Waals surface area contributed by atoms with Crippen LogP contribution in [0, 0.1) is 0 Å². The zero-order chi connectivity index (χ0) is 49.6. The predicted octanol–water partition coefficient (Wildman–Crippen LogP) is -5.71. The summed E-state index contributed by atoms with van der Waals surface area (Å²) >= 11 is 0. The quantitative estimate of drug-likeness (QED) is 0.0154. The standard InChI is InChI=1S/C45H112N20.C2H5N/c1-4-12-52-17-39-63(40-18-53-14-7-46)41-26-58-27-44-64(43-25-57-22-36-61(30-8-47)31-9-48)42-24-56-21-35-60(29-6-13-59-45-65(28-5-2)33-11-50)34-20-55-23-38-62(32-10-49)37-19-54-16-15-51-3;1-2-3-1/h51-59H,4-50H2,1-3H3;3H,1-2H2. The number of likely N-dealkylation sites (N-methyl/N-ethyl adjacent to an activating group) is 1. The lowest BCUT2D eigenvalue weighted by Crippen LogP contribution is -2.45. The largest absolute Gasteiger partial charge is 0.329 e. The molecule has 0 unspecified atom stereocenters. The SMILES string of the molecule is C1CN1.CCCNCCN(CCNCCN)CCNCCN(CCNCCN(CCN)CCN)CCNCCN(CCCNCN(CCC)CCN)CCNCCN(CCN)CCNCCNC. The number of nitrogens with one attached hydrogen (secondary N) is 10. The maximum absolute atomic E-state index is 5.95. The molecule has 0 aliphatic carbocycles. The summed E-state index contributed by atoms with van der Waals surface area (Å²) in [7, 11) is 1.99. The lowest BCUT2D eigenvalue weighted by atomic mass is 10.3. The Bertz CT molecular complexity index is 920. The number of hydrogen-bond acceptors (Lipinski definition) is 21. The van der Waals surface area contributed by atoms with Crippen LogP contribution in [0.15, 0.2) is 0 Å². The van der Waals surface area contributed by atoms with Gasteiger partial charge in [-0.15, -0.1) is 0 Å². The van der Waals surface area contributed by atoms with Crippen molar-refractivity contribution in [1.82, 2.24) is 82.6 Å². The Morgan fingerprint density at radius 2 is 0.632 bits per heavy atom. The summed E-state index contributed by atoms with van der Waals surface area (Å²) in [4.78, 5) is 15.0. The maximum Gasteiger partial charge on any atom is 0.0480 e. The van der Waals surface area contributed by atoms with Crippen LogP contribution in [-0.4, -0.2) is 305 Å². The predicted molar refractivity (Wildman–Crippen MR) is 294 cm³/mol. The summed E-state index contributed by atoms with van der Waals surface area (Å²) in [6.45, 7) is 44.0. The zero-order valence-corrected chi connectivity index (χ0v) is 44.7. The second-order valence-corrected chi connectivity index (χ2v) is 17.9. The van der Waals surface area contributed by atoms with Gasteiger partial charge in [0, 0.05) is 242 Å². The van der Waals surface area contributed by atoms with Gasteiger partial charge in [0.1, 0.15) is 0 Å². The number of rotatable bonds is 56. The van der Waals surface area contributed by atoms with Crippen LogP contribution in [0.2, 0.25) is 0 Å². The summed E-state index contributed by atoms with van der Waals surface area (Å²) < 4.78 is 0. The van der Waals surface area contributed by atoms with E-state index in [0.29, 0.717) is 32.7 Å². The van der Waals surface area contributed by atoms with Crippen molar-refractivity contribution in [2.24, 2.45) is 28.7 Å². The second-order valence-electron chi connectivity index (χ2n) is 17.9. The molecule has 21 nitrogen and oxygen atoms in total. The highest BCUT2D eigenvalue weighted by Crippen LogP contribution is 1.94. The summed E-state index contributed by atoms with van der Waals surface area (Å²) in [5.41, 5.74) is 29.2. The molecule has 1 aliphatic heterocycles. The first-order chi connectivity index (χ1) is 33.5. The van der Waals surface area contributed by atoms with Crippen molar-refractivity contribution in [2.75, 3.05) is 276 Å². The molecule has 0 aromatic heterocycles. The van der Waals surface area contributed by atoms with E-state index in [2.05, 4.69) is 96.4 Å². The van der Waals surface area contributed by atoms with Crippen LogP contribution >= 0.6 is 0 Å². The third-order valence-electron chi connectivity index (χ3n) is 11.7. The normalized spacial score (nSPS) is 12.8. The van der Waals surface area contributed by atoms with Crippen LogP contribution in [0.3, 0.4) is 0 Å². The molecule has 1 rings (SSSR count). The lowest BCUT2D eigenvalue weighted by molar-refractivity contribution is 0.238. The van der Waals surface area contributed by atoms with E-state index in [9.17, 15) is 0 Å². The van der Waals surface area contributed by atoms with Crippen LogP contribution in [0.5, 0.6) is 0 Å². The Balaban J connectivity index is 0.0000143. The van der Waals surface area contributed by atoms with Crippen LogP contribution in [0.1, 0.15) is 33.1 Å². The molecule has 0 atom stereocenters. The smallest absolute Gasteiger partial charge is 0.0480 e. The molecule has 1 aliphatic rings. The Morgan fingerprint density at radius 1 is 0.309 bits per heavy atom. The van der Waals surface area contributed by atoms with Gasteiger partial charge < -0.3 is 86.7 Å². The average molecular weight is 977 g/mol. The van der Waals surface area contributed by atoms with Crippen molar-refractivity contribution in [3.05, 3.63) is 0 Å². The Hall–Kier alpha value is -0.840. The topological polar surface area (TPSA) is 280 Å². The van der Waals surface area contributed by atoms with Crippen molar-refractivity contribution in [2.45, 2.75) is 33.1 Å². The van der Waals surface area contributed by atoms with E-state index in [1.54, 1.807) is 0 Å². The van der Waals surface area contributed by atoms with Crippen molar-refractivity contribution >= 4 is 0 Å². The molecule has 68 heavy (non-hydrogen) atoms. The van der Waals surface area contributed by atoms with Crippen molar-refractivity contribution in [3.8, 4) is 0 Å². The number of nitrogens with two attached hydrogens (primary N) is 5. The van der Waals surface area contributed by atoms with Gasteiger partial charge in [-0.3, -0.25) is 24.5 Å². The lowest BCUT2D eigenvalue weighted by Gasteiger charge is -2.26. The van der Waals surface area contributed by atoms with E-state index in [1.165, 1.54) is 13.1 Å². The molecular formula is C47H117N21. The van der Waals surface area contributed by atoms with Crippen LogP contribution in [0.4, 0.5) is 0 Å². The van der Waals surface area contributed by atoms with E-state index < -0.39 is 0 Å². The van der Waals surface area contributed by atoms with Gasteiger partial charge in [0.15, 0.2) is 0 Å². The summed E-state index contributed by atoms with van der Waals surface area (Å²) in [6.07, 6.45) is 3.43. The molecule has 0 aromatic carbocycles. The highest BCUT2D eigenvalue weighted by atomic mass is 15.2. The van der Waals surface area contributed by atoms with Gasteiger partial charge >= 0.3 is 0 Å². The van der Waals surface area contributed by atoms with E-state index in [1.807, 2.05) is 7.05 Å². The highest BCUT2D eigenvalue weighted by Gasteiger charge is 2.10. The Labute approximate surface area is 418 Å². The van der Waals surface area contributed by atoms with Gasteiger partial charge in [0.05, 0.1) is 0 Å². The summed E-state index contributed by atoms with van der Waals surface area (Å²) in [5.74, 6) is 0.